The Kier molecular flexibility index (Phi) is 9.67. The summed E-state index contributed by atoms with van der Waals surface area (Å²) in [6.45, 7) is 5.28. The van der Waals surface area contributed by atoms with Gasteiger partial charge in [0.25, 0.3) is 0 Å². The zero-order valence-electron chi connectivity index (χ0n) is 12.5. The van der Waals surface area contributed by atoms with Gasteiger partial charge in [0.2, 0.25) is 0 Å². The van der Waals surface area contributed by atoms with Crippen molar-refractivity contribution in [1.82, 2.24) is 5.32 Å². The van der Waals surface area contributed by atoms with E-state index in [9.17, 15) is 0 Å². The van der Waals surface area contributed by atoms with Crippen LogP contribution in [0.1, 0.15) is 37.8 Å². The van der Waals surface area contributed by atoms with E-state index in [0.717, 1.165) is 37.4 Å². The Labute approximate surface area is 127 Å². The van der Waals surface area contributed by atoms with E-state index >= 15 is 0 Å². The number of ether oxygens (including phenoxy) is 2. The predicted molar refractivity (Wildman–Crippen MR) is 84.4 cm³/mol. The van der Waals surface area contributed by atoms with Gasteiger partial charge >= 0.3 is 0 Å². The molecule has 0 bridgehead atoms. The summed E-state index contributed by atoms with van der Waals surface area (Å²) in [6, 6.07) is 8.51. The Morgan fingerprint density at radius 3 is 2.55 bits per heavy atom. The molecule has 0 radical (unpaired) electrons. The quantitative estimate of drug-likeness (QED) is 0.630. The van der Waals surface area contributed by atoms with E-state index in [4.69, 9.17) is 21.1 Å². The first-order chi connectivity index (χ1) is 9.77. The van der Waals surface area contributed by atoms with Crippen molar-refractivity contribution in [2.24, 2.45) is 0 Å². The fourth-order valence-electron chi connectivity index (χ4n) is 2.07. The van der Waals surface area contributed by atoms with Crippen LogP contribution in [0.2, 0.25) is 5.02 Å². The van der Waals surface area contributed by atoms with Crippen molar-refractivity contribution in [2.45, 2.75) is 32.2 Å². The lowest BCUT2D eigenvalue weighted by Gasteiger charge is -2.18. The van der Waals surface area contributed by atoms with Crippen molar-refractivity contribution < 1.29 is 9.47 Å². The maximum Gasteiger partial charge on any atom is 0.0700 e. The number of rotatable bonds is 11. The van der Waals surface area contributed by atoms with Crippen LogP contribution >= 0.6 is 11.6 Å². The molecule has 1 unspecified atom stereocenters. The van der Waals surface area contributed by atoms with Crippen LogP contribution in [0, 0.1) is 0 Å². The third-order valence-electron chi connectivity index (χ3n) is 3.14. The van der Waals surface area contributed by atoms with Gasteiger partial charge in [-0.05, 0) is 37.1 Å². The average molecular weight is 300 g/mol. The fourth-order valence-corrected chi connectivity index (χ4v) is 2.19. The van der Waals surface area contributed by atoms with E-state index in [-0.39, 0.29) is 0 Å². The van der Waals surface area contributed by atoms with Gasteiger partial charge in [0.15, 0.2) is 0 Å². The summed E-state index contributed by atoms with van der Waals surface area (Å²) in [6.07, 6.45) is 3.30. The molecule has 0 fully saturated rings. The average Bonchev–Trinajstić information content (AvgIpc) is 2.46. The molecule has 1 aromatic carbocycles. The Morgan fingerprint density at radius 2 is 1.90 bits per heavy atom. The van der Waals surface area contributed by atoms with Gasteiger partial charge in [-0.3, -0.25) is 0 Å². The third kappa shape index (κ3) is 7.25. The highest BCUT2D eigenvalue weighted by molar-refractivity contribution is 6.30. The molecule has 1 atom stereocenters. The van der Waals surface area contributed by atoms with Gasteiger partial charge in [0.1, 0.15) is 0 Å². The molecule has 1 aromatic rings. The second kappa shape index (κ2) is 11.1. The number of halogens is 1. The van der Waals surface area contributed by atoms with Gasteiger partial charge in [0, 0.05) is 24.8 Å². The zero-order chi connectivity index (χ0) is 14.6. The molecule has 0 aromatic heterocycles. The van der Waals surface area contributed by atoms with Crippen molar-refractivity contribution in [3.05, 3.63) is 34.9 Å². The second-order valence-corrected chi connectivity index (χ2v) is 5.24. The SMILES string of the molecule is CCCC(NCCCOCCOC)c1ccc(Cl)cc1. The molecule has 0 aliphatic rings. The van der Waals surface area contributed by atoms with Crippen molar-refractivity contribution >= 4 is 11.6 Å². The molecule has 20 heavy (non-hydrogen) atoms. The first-order valence-electron chi connectivity index (χ1n) is 7.33. The molecule has 3 nitrogen and oxygen atoms in total. The van der Waals surface area contributed by atoms with Crippen LogP contribution in [0.25, 0.3) is 0 Å². The summed E-state index contributed by atoms with van der Waals surface area (Å²) < 4.78 is 10.4. The number of benzene rings is 1. The molecule has 0 spiro atoms. The van der Waals surface area contributed by atoms with Crippen molar-refractivity contribution in [3.63, 3.8) is 0 Å². The number of hydrogen-bond acceptors (Lipinski definition) is 3. The molecule has 0 amide bonds. The first kappa shape index (κ1) is 17.4. The largest absolute Gasteiger partial charge is 0.382 e. The van der Waals surface area contributed by atoms with E-state index in [2.05, 4.69) is 24.4 Å². The van der Waals surface area contributed by atoms with Gasteiger partial charge in [-0.2, -0.15) is 0 Å². The molecule has 0 saturated heterocycles. The summed E-state index contributed by atoms with van der Waals surface area (Å²) in [5, 5.41) is 4.38. The highest BCUT2D eigenvalue weighted by atomic mass is 35.5. The smallest absolute Gasteiger partial charge is 0.0700 e. The lowest BCUT2D eigenvalue weighted by molar-refractivity contribution is 0.0692. The van der Waals surface area contributed by atoms with Crippen molar-refractivity contribution in [3.8, 4) is 0 Å². The summed E-state index contributed by atoms with van der Waals surface area (Å²) in [4.78, 5) is 0. The first-order valence-corrected chi connectivity index (χ1v) is 7.71. The van der Waals surface area contributed by atoms with Gasteiger partial charge in [0.05, 0.1) is 13.2 Å². The molecular weight excluding hydrogens is 274 g/mol. The summed E-state index contributed by atoms with van der Waals surface area (Å²) in [5.74, 6) is 0. The van der Waals surface area contributed by atoms with Gasteiger partial charge in [-0.15, -0.1) is 0 Å². The number of hydrogen-bond donors (Lipinski definition) is 1. The van der Waals surface area contributed by atoms with Crippen LogP contribution in [-0.4, -0.2) is 33.5 Å². The normalized spacial score (nSPS) is 12.6. The minimum Gasteiger partial charge on any atom is -0.382 e. The molecule has 1 rings (SSSR count). The van der Waals surface area contributed by atoms with Crippen LogP contribution < -0.4 is 5.32 Å². The van der Waals surface area contributed by atoms with Crippen molar-refractivity contribution in [2.75, 3.05) is 33.5 Å². The molecule has 0 heterocycles. The second-order valence-electron chi connectivity index (χ2n) is 4.81. The van der Waals surface area contributed by atoms with Gasteiger partial charge in [-0.1, -0.05) is 37.1 Å². The van der Waals surface area contributed by atoms with Gasteiger partial charge in [-0.25, -0.2) is 0 Å². The van der Waals surface area contributed by atoms with Crippen LogP contribution in [0.5, 0.6) is 0 Å². The van der Waals surface area contributed by atoms with Crippen LogP contribution in [0.15, 0.2) is 24.3 Å². The van der Waals surface area contributed by atoms with E-state index < -0.39 is 0 Å². The van der Waals surface area contributed by atoms with Crippen LogP contribution in [0.4, 0.5) is 0 Å². The summed E-state index contributed by atoms with van der Waals surface area (Å²) >= 11 is 5.93. The van der Waals surface area contributed by atoms with E-state index in [1.165, 1.54) is 5.56 Å². The lowest BCUT2D eigenvalue weighted by atomic mass is 10.0. The summed E-state index contributed by atoms with van der Waals surface area (Å²) in [5.41, 5.74) is 1.30. The maximum absolute atomic E-state index is 5.93. The monoisotopic (exact) mass is 299 g/mol. The minimum atomic E-state index is 0.399. The molecule has 1 N–H and O–H groups in total. The van der Waals surface area contributed by atoms with E-state index in [1.54, 1.807) is 7.11 Å². The van der Waals surface area contributed by atoms with Gasteiger partial charge < -0.3 is 14.8 Å². The van der Waals surface area contributed by atoms with Crippen molar-refractivity contribution in [1.29, 1.82) is 0 Å². The molecule has 0 aliphatic carbocycles. The maximum atomic E-state index is 5.93. The van der Waals surface area contributed by atoms with Crippen LogP contribution in [-0.2, 0) is 9.47 Å². The number of nitrogens with one attached hydrogen (secondary N) is 1. The Balaban J connectivity index is 2.27. The fraction of sp³-hybridized carbons (Fsp3) is 0.625. The predicted octanol–water partition coefficient (Wildman–Crippen LogP) is 3.82. The van der Waals surface area contributed by atoms with E-state index in [0.29, 0.717) is 19.3 Å². The Bertz CT molecular complexity index is 343. The molecule has 0 saturated carbocycles. The highest BCUT2D eigenvalue weighted by Crippen LogP contribution is 2.20. The Morgan fingerprint density at radius 1 is 1.15 bits per heavy atom. The summed E-state index contributed by atoms with van der Waals surface area (Å²) in [7, 11) is 1.69. The zero-order valence-corrected chi connectivity index (χ0v) is 13.3. The van der Waals surface area contributed by atoms with Crippen LogP contribution in [0.3, 0.4) is 0 Å². The molecule has 114 valence electrons. The van der Waals surface area contributed by atoms with E-state index in [1.807, 2.05) is 12.1 Å². The molecule has 4 heteroatoms. The standard InChI is InChI=1S/C16H26ClNO2/c1-3-5-16(14-6-8-15(17)9-7-14)18-10-4-11-20-13-12-19-2/h6-9,16,18H,3-5,10-13H2,1-2H3. The number of methoxy groups -OCH3 is 1. The molecular formula is C16H26ClNO2. The topological polar surface area (TPSA) is 30.5 Å². The minimum absolute atomic E-state index is 0.399. The molecule has 0 aliphatic heterocycles. The highest BCUT2D eigenvalue weighted by Gasteiger charge is 2.09. The lowest BCUT2D eigenvalue weighted by Crippen LogP contribution is -2.23. The third-order valence-corrected chi connectivity index (χ3v) is 3.39. The Hall–Kier alpha value is -0.610.